The van der Waals surface area contributed by atoms with Crippen LogP contribution >= 0.6 is 0 Å². The van der Waals surface area contributed by atoms with Gasteiger partial charge in [-0.05, 0) is 30.6 Å². The third-order valence-electron chi connectivity index (χ3n) is 4.60. The van der Waals surface area contributed by atoms with E-state index in [9.17, 15) is 4.79 Å². The summed E-state index contributed by atoms with van der Waals surface area (Å²) in [6.45, 7) is 7.19. The van der Waals surface area contributed by atoms with E-state index in [4.69, 9.17) is 5.11 Å². The summed E-state index contributed by atoms with van der Waals surface area (Å²) in [6.07, 6.45) is 1.24. The Labute approximate surface area is 101 Å². The molecule has 0 bridgehead atoms. The molecular weight excluding hydrogens is 216 g/mol. The number of hydrogen-bond acceptors (Lipinski definition) is 2. The molecule has 1 aromatic rings. The summed E-state index contributed by atoms with van der Waals surface area (Å²) >= 11 is 0. The van der Waals surface area contributed by atoms with Crippen molar-refractivity contribution in [3.05, 3.63) is 17.0 Å². The van der Waals surface area contributed by atoms with Crippen LogP contribution in [-0.2, 0) is 17.8 Å². The molecule has 1 aromatic heterocycles. The second-order valence-corrected chi connectivity index (χ2v) is 5.92. The first kappa shape index (κ1) is 10.8. The van der Waals surface area contributed by atoms with Gasteiger partial charge in [-0.25, -0.2) is 0 Å². The number of aromatic nitrogens is 2. The zero-order valence-corrected chi connectivity index (χ0v) is 10.5. The molecule has 92 valence electrons. The van der Waals surface area contributed by atoms with Crippen molar-refractivity contribution in [1.29, 1.82) is 0 Å². The number of carbonyl (C=O) groups is 1. The van der Waals surface area contributed by atoms with Gasteiger partial charge in [-0.15, -0.1) is 0 Å². The van der Waals surface area contributed by atoms with E-state index in [2.05, 4.69) is 18.9 Å². The minimum absolute atomic E-state index is 0.159. The van der Waals surface area contributed by atoms with Crippen molar-refractivity contribution in [1.82, 2.24) is 9.78 Å². The molecular formula is C13H18N2O2. The molecule has 0 radical (unpaired) electrons. The van der Waals surface area contributed by atoms with Crippen molar-refractivity contribution >= 4 is 5.97 Å². The van der Waals surface area contributed by atoms with E-state index in [1.165, 1.54) is 11.3 Å². The quantitative estimate of drug-likeness (QED) is 0.869. The van der Waals surface area contributed by atoms with Gasteiger partial charge in [-0.1, -0.05) is 13.8 Å². The molecule has 4 nitrogen and oxygen atoms in total. The maximum Gasteiger partial charge on any atom is 0.305 e. The first-order chi connectivity index (χ1) is 7.93. The molecule has 0 aromatic carbocycles. The highest BCUT2D eigenvalue weighted by atomic mass is 16.4. The van der Waals surface area contributed by atoms with Gasteiger partial charge in [-0.3, -0.25) is 9.48 Å². The molecule has 0 unspecified atom stereocenters. The zero-order valence-electron chi connectivity index (χ0n) is 10.5. The summed E-state index contributed by atoms with van der Waals surface area (Å²) in [5.74, 6) is 0.664. The van der Waals surface area contributed by atoms with Crippen LogP contribution in [0.4, 0.5) is 0 Å². The van der Waals surface area contributed by atoms with Gasteiger partial charge in [0.05, 0.1) is 18.7 Å². The lowest BCUT2D eigenvalue weighted by atomic mass is 9.98. The molecule has 1 N–H and O–H groups in total. The van der Waals surface area contributed by atoms with Crippen molar-refractivity contribution in [2.45, 2.75) is 46.1 Å². The smallest absolute Gasteiger partial charge is 0.305 e. The van der Waals surface area contributed by atoms with Crippen LogP contribution in [0.25, 0.3) is 0 Å². The third-order valence-corrected chi connectivity index (χ3v) is 4.60. The van der Waals surface area contributed by atoms with Crippen molar-refractivity contribution in [2.24, 2.45) is 11.3 Å². The fourth-order valence-electron chi connectivity index (χ4n) is 3.56. The van der Waals surface area contributed by atoms with E-state index in [0.29, 0.717) is 17.9 Å². The van der Waals surface area contributed by atoms with Gasteiger partial charge in [0, 0.05) is 11.3 Å². The molecule has 1 heterocycles. The SMILES string of the molecule is Cc1nn(CCC(=O)O)c2c1[C@H]1[C@@H](C2)C1(C)C. The Balaban J connectivity index is 1.89. The van der Waals surface area contributed by atoms with Gasteiger partial charge in [0.15, 0.2) is 0 Å². The van der Waals surface area contributed by atoms with Crippen LogP contribution < -0.4 is 0 Å². The van der Waals surface area contributed by atoms with E-state index in [1.54, 1.807) is 0 Å². The molecule has 0 aliphatic heterocycles. The minimum Gasteiger partial charge on any atom is -0.481 e. The lowest BCUT2D eigenvalue weighted by Crippen LogP contribution is -2.10. The number of carboxylic acids is 1. The standard InChI is InChI=1S/C13H18N2O2/c1-7-11-9(6-8-12(11)13(8,2)3)15(14-7)5-4-10(16)17/h8,12H,4-6H2,1-3H3,(H,16,17)/t8-,12-/m1/s1. The average molecular weight is 234 g/mol. The molecule has 1 fully saturated rings. The first-order valence-electron chi connectivity index (χ1n) is 6.21. The summed E-state index contributed by atoms with van der Waals surface area (Å²) in [4.78, 5) is 10.6. The summed E-state index contributed by atoms with van der Waals surface area (Å²) in [5, 5.41) is 13.2. The Morgan fingerprint density at radius 1 is 1.59 bits per heavy atom. The number of aliphatic carboxylic acids is 1. The number of hydrogen-bond donors (Lipinski definition) is 1. The number of rotatable bonds is 3. The van der Waals surface area contributed by atoms with Crippen molar-refractivity contribution in [2.75, 3.05) is 0 Å². The second-order valence-electron chi connectivity index (χ2n) is 5.92. The van der Waals surface area contributed by atoms with Gasteiger partial charge in [0.25, 0.3) is 0 Å². The lowest BCUT2D eigenvalue weighted by Gasteiger charge is -2.10. The second kappa shape index (κ2) is 3.12. The molecule has 0 saturated heterocycles. The molecule has 2 aliphatic carbocycles. The van der Waals surface area contributed by atoms with Crippen LogP contribution in [0.5, 0.6) is 0 Å². The van der Waals surface area contributed by atoms with E-state index >= 15 is 0 Å². The maximum absolute atomic E-state index is 10.6. The summed E-state index contributed by atoms with van der Waals surface area (Å²) < 4.78 is 1.92. The summed E-state index contributed by atoms with van der Waals surface area (Å²) in [6, 6.07) is 0. The minimum atomic E-state index is -0.754. The molecule has 4 heteroatoms. The maximum atomic E-state index is 10.6. The highest BCUT2D eigenvalue weighted by molar-refractivity contribution is 5.66. The molecule has 1 saturated carbocycles. The number of nitrogens with zero attached hydrogens (tertiary/aromatic N) is 2. The van der Waals surface area contributed by atoms with Gasteiger partial charge >= 0.3 is 5.97 Å². The lowest BCUT2D eigenvalue weighted by molar-refractivity contribution is -0.137. The molecule has 2 atom stereocenters. The van der Waals surface area contributed by atoms with Crippen LogP contribution in [0, 0.1) is 18.3 Å². The van der Waals surface area contributed by atoms with Gasteiger partial charge < -0.3 is 5.11 Å². The van der Waals surface area contributed by atoms with E-state index in [0.717, 1.165) is 18.0 Å². The molecule has 17 heavy (non-hydrogen) atoms. The Morgan fingerprint density at radius 2 is 2.29 bits per heavy atom. The van der Waals surface area contributed by atoms with Crippen molar-refractivity contribution < 1.29 is 9.90 Å². The topological polar surface area (TPSA) is 55.1 Å². The van der Waals surface area contributed by atoms with Crippen LogP contribution in [0.15, 0.2) is 0 Å². The fourth-order valence-corrected chi connectivity index (χ4v) is 3.56. The normalized spacial score (nSPS) is 27.7. The van der Waals surface area contributed by atoms with Gasteiger partial charge in [0.2, 0.25) is 0 Å². The Morgan fingerprint density at radius 3 is 2.94 bits per heavy atom. The van der Waals surface area contributed by atoms with E-state index in [-0.39, 0.29) is 6.42 Å². The monoisotopic (exact) mass is 234 g/mol. The largest absolute Gasteiger partial charge is 0.481 e. The molecule has 3 rings (SSSR count). The average Bonchev–Trinajstić information content (AvgIpc) is 2.63. The Hall–Kier alpha value is -1.32. The highest BCUT2D eigenvalue weighted by Gasteiger charge is 2.63. The highest BCUT2D eigenvalue weighted by Crippen LogP contribution is 2.70. The molecule has 0 spiro atoms. The van der Waals surface area contributed by atoms with Crippen molar-refractivity contribution in [3.63, 3.8) is 0 Å². The van der Waals surface area contributed by atoms with E-state index in [1.807, 2.05) is 11.6 Å². The number of carboxylic acid groups (broad SMARTS) is 1. The Bertz CT molecular complexity index is 502. The predicted octanol–water partition coefficient (Wildman–Crippen LogP) is 1.96. The van der Waals surface area contributed by atoms with Crippen LogP contribution in [0.3, 0.4) is 0 Å². The molecule has 0 amide bonds. The van der Waals surface area contributed by atoms with Crippen LogP contribution in [0.1, 0.15) is 43.1 Å². The zero-order chi connectivity index (χ0) is 12.4. The van der Waals surface area contributed by atoms with Gasteiger partial charge in [0.1, 0.15) is 0 Å². The number of aryl methyl sites for hydroxylation is 2. The Kier molecular flexibility index (Phi) is 1.98. The summed E-state index contributed by atoms with van der Waals surface area (Å²) in [5.41, 5.74) is 4.23. The fraction of sp³-hybridized carbons (Fsp3) is 0.692. The first-order valence-corrected chi connectivity index (χ1v) is 6.21. The van der Waals surface area contributed by atoms with Crippen LogP contribution in [-0.4, -0.2) is 20.9 Å². The summed E-state index contributed by atoms with van der Waals surface area (Å²) in [7, 11) is 0. The third kappa shape index (κ3) is 1.36. The number of fused-ring (bicyclic) bond motifs is 3. The van der Waals surface area contributed by atoms with Crippen molar-refractivity contribution in [3.8, 4) is 0 Å². The van der Waals surface area contributed by atoms with Gasteiger partial charge in [-0.2, -0.15) is 5.10 Å². The predicted molar refractivity (Wildman–Crippen MR) is 62.9 cm³/mol. The van der Waals surface area contributed by atoms with Crippen LogP contribution in [0.2, 0.25) is 0 Å². The van der Waals surface area contributed by atoms with E-state index < -0.39 is 5.97 Å². The molecule has 2 aliphatic rings.